The SMILES string of the molecule is COC1CCCCN(CC(=O)NCc2ccccc2C(F)(F)F)C1=O. The van der Waals surface area contributed by atoms with Gasteiger partial charge in [-0.1, -0.05) is 18.2 Å². The average Bonchev–Trinajstić information content (AvgIpc) is 2.74. The molecule has 138 valence electrons. The molecule has 2 rings (SSSR count). The summed E-state index contributed by atoms with van der Waals surface area (Å²) in [6, 6.07) is 5.08. The lowest BCUT2D eigenvalue weighted by atomic mass is 10.1. The molecule has 1 aromatic rings. The summed E-state index contributed by atoms with van der Waals surface area (Å²) in [6.07, 6.45) is -2.86. The Balaban J connectivity index is 1.96. The van der Waals surface area contributed by atoms with Gasteiger partial charge in [0, 0.05) is 20.2 Å². The van der Waals surface area contributed by atoms with Crippen molar-refractivity contribution < 1.29 is 27.5 Å². The second-order valence-corrected chi connectivity index (χ2v) is 5.91. The van der Waals surface area contributed by atoms with E-state index in [0.717, 1.165) is 18.9 Å². The van der Waals surface area contributed by atoms with Crippen LogP contribution in [0.25, 0.3) is 0 Å². The van der Waals surface area contributed by atoms with Crippen LogP contribution >= 0.6 is 0 Å². The quantitative estimate of drug-likeness (QED) is 0.879. The van der Waals surface area contributed by atoms with Gasteiger partial charge in [0.1, 0.15) is 6.10 Å². The summed E-state index contributed by atoms with van der Waals surface area (Å²) in [5.41, 5.74) is -0.791. The van der Waals surface area contributed by atoms with Gasteiger partial charge in [-0.3, -0.25) is 9.59 Å². The largest absolute Gasteiger partial charge is 0.416 e. The number of rotatable bonds is 5. The van der Waals surface area contributed by atoms with E-state index in [2.05, 4.69) is 5.32 Å². The maximum absolute atomic E-state index is 12.9. The molecule has 0 bridgehead atoms. The normalized spacial score (nSPS) is 18.8. The molecule has 1 saturated heterocycles. The molecule has 2 amide bonds. The molecule has 0 saturated carbocycles. The molecule has 0 radical (unpaired) electrons. The topological polar surface area (TPSA) is 58.6 Å². The van der Waals surface area contributed by atoms with Gasteiger partial charge in [0.25, 0.3) is 5.91 Å². The van der Waals surface area contributed by atoms with Crippen LogP contribution in [0.1, 0.15) is 30.4 Å². The third kappa shape index (κ3) is 5.19. The van der Waals surface area contributed by atoms with E-state index in [1.165, 1.54) is 30.2 Å². The Kier molecular flexibility index (Phi) is 6.41. The molecule has 1 fully saturated rings. The number of carbonyl (C=O) groups is 2. The fourth-order valence-corrected chi connectivity index (χ4v) is 2.82. The van der Waals surface area contributed by atoms with E-state index in [4.69, 9.17) is 4.74 Å². The van der Waals surface area contributed by atoms with Crippen molar-refractivity contribution in [1.82, 2.24) is 10.2 Å². The van der Waals surface area contributed by atoms with Crippen LogP contribution in [-0.4, -0.2) is 43.0 Å². The number of carbonyl (C=O) groups excluding carboxylic acids is 2. The van der Waals surface area contributed by atoms with E-state index in [1.807, 2.05) is 0 Å². The van der Waals surface area contributed by atoms with E-state index in [-0.39, 0.29) is 24.6 Å². The van der Waals surface area contributed by atoms with E-state index >= 15 is 0 Å². The van der Waals surface area contributed by atoms with Gasteiger partial charge in [0.15, 0.2) is 0 Å². The molecule has 1 heterocycles. The molecule has 5 nitrogen and oxygen atoms in total. The number of amides is 2. The van der Waals surface area contributed by atoms with Gasteiger partial charge >= 0.3 is 6.18 Å². The number of methoxy groups -OCH3 is 1. The van der Waals surface area contributed by atoms with Crippen LogP contribution in [0.5, 0.6) is 0 Å². The monoisotopic (exact) mass is 358 g/mol. The lowest BCUT2D eigenvalue weighted by molar-refractivity contribution is -0.144. The Labute approximate surface area is 144 Å². The fourth-order valence-electron chi connectivity index (χ4n) is 2.82. The Morgan fingerprint density at radius 3 is 2.72 bits per heavy atom. The van der Waals surface area contributed by atoms with Crippen molar-refractivity contribution in [2.24, 2.45) is 0 Å². The first kappa shape index (κ1) is 19.2. The van der Waals surface area contributed by atoms with Crippen LogP contribution in [-0.2, 0) is 27.0 Å². The second kappa shape index (κ2) is 8.33. The zero-order chi connectivity index (χ0) is 18.4. The van der Waals surface area contributed by atoms with E-state index in [9.17, 15) is 22.8 Å². The predicted molar refractivity (Wildman–Crippen MR) is 84.5 cm³/mol. The van der Waals surface area contributed by atoms with Crippen LogP contribution in [0.4, 0.5) is 13.2 Å². The molecule has 8 heteroatoms. The lowest BCUT2D eigenvalue weighted by Gasteiger charge is -2.23. The van der Waals surface area contributed by atoms with Crippen LogP contribution in [0, 0.1) is 0 Å². The summed E-state index contributed by atoms with van der Waals surface area (Å²) in [4.78, 5) is 25.7. The molecular weight excluding hydrogens is 337 g/mol. The Morgan fingerprint density at radius 2 is 2.04 bits per heavy atom. The first-order chi connectivity index (χ1) is 11.8. The van der Waals surface area contributed by atoms with Gasteiger partial charge < -0.3 is 15.0 Å². The Hall–Kier alpha value is -2.09. The maximum Gasteiger partial charge on any atom is 0.416 e. The van der Waals surface area contributed by atoms with Gasteiger partial charge in [-0.15, -0.1) is 0 Å². The fraction of sp³-hybridized carbons (Fsp3) is 0.529. The summed E-state index contributed by atoms with van der Waals surface area (Å²) < 4.78 is 44.0. The van der Waals surface area contributed by atoms with Crippen molar-refractivity contribution in [1.29, 1.82) is 0 Å². The van der Waals surface area contributed by atoms with Crippen LogP contribution in [0.15, 0.2) is 24.3 Å². The van der Waals surface area contributed by atoms with Crippen molar-refractivity contribution in [2.45, 2.75) is 38.1 Å². The summed E-state index contributed by atoms with van der Waals surface area (Å²) in [6.45, 7) is 0.00236. The molecule has 1 atom stereocenters. The average molecular weight is 358 g/mol. The molecule has 25 heavy (non-hydrogen) atoms. The number of ether oxygens (including phenoxy) is 1. The second-order valence-electron chi connectivity index (χ2n) is 5.91. The zero-order valence-corrected chi connectivity index (χ0v) is 13.9. The predicted octanol–water partition coefficient (Wildman–Crippen LogP) is 2.35. The van der Waals surface area contributed by atoms with Crippen LogP contribution in [0.2, 0.25) is 0 Å². The number of hydrogen-bond donors (Lipinski definition) is 1. The number of benzene rings is 1. The van der Waals surface area contributed by atoms with Gasteiger partial charge in [0.2, 0.25) is 5.91 Å². The van der Waals surface area contributed by atoms with Gasteiger partial charge in [-0.2, -0.15) is 13.2 Å². The lowest BCUT2D eigenvalue weighted by Crippen LogP contribution is -2.44. The Bertz CT molecular complexity index is 619. The van der Waals surface area contributed by atoms with Crippen LogP contribution in [0.3, 0.4) is 0 Å². The highest BCUT2D eigenvalue weighted by Gasteiger charge is 2.33. The van der Waals surface area contributed by atoms with Gasteiger partial charge in [0.05, 0.1) is 12.1 Å². The number of alkyl halides is 3. The first-order valence-electron chi connectivity index (χ1n) is 8.06. The number of likely N-dealkylation sites (tertiary alicyclic amines) is 1. The molecule has 1 aliphatic heterocycles. The van der Waals surface area contributed by atoms with Crippen molar-refractivity contribution in [3.05, 3.63) is 35.4 Å². The minimum atomic E-state index is -4.48. The standard InChI is InChI=1S/C17H21F3N2O3/c1-25-14-8-4-5-9-22(16(14)24)11-15(23)21-10-12-6-2-3-7-13(12)17(18,19)20/h2-3,6-7,14H,4-5,8-11H2,1H3,(H,21,23). The molecule has 0 aliphatic carbocycles. The molecule has 1 N–H and O–H groups in total. The summed E-state index contributed by atoms with van der Waals surface area (Å²) >= 11 is 0. The summed E-state index contributed by atoms with van der Waals surface area (Å²) in [7, 11) is 1.44. The number of hydrogen-bond acceptors (Lipinski definition) is 3. The van der Waals surface area contributed by atoms with Crippen molar-refractivity contribution in [3.63, 3.8) is 0 Å². The highest BCUT2D eigenvalue weighted by molar-refractivity contribution is 5.87. The van der Waals surface area contributed by atoms with Gasteiger partial charge in [-0.25, -0.2) is 0 Å². The van der Waals surface area contributed by atoms with E-state index < -0.39 is 23.8 Å². The zero-order valence-electron chi connectivity index (χ0n) is 13.9. The number of halogens is 3. The highest BCUT2D eigenvalue weighted by atomic mass is 19.4. The molecule has 0 spiro atoms. The Morgan fingerprint density at radius 1 is 1.32 bits per heavy atom. The summed E-state index contributed by atoms with van der Waals surface area (Å²) in [5, 5.41) is 2.46. The molecule has 1 aromatic carbocycles. The minimum Gasteiger partial charge on any atom is -0.372 e. The third-order valence-corrected chi connectivity index (χ3v) is 4.15. The van der Waals surface area contributed by atoms with E-state index in [1.54, 1.807) is 0 Å². The number of nitrogens with zero attached hydrogens (tertiary/aromatic N) is 1. The maximum atomic E-state index is 12.9. The third-order valence-electron chi connectivity index (χ3n) is 4.15. The molecular formula is C17H21F3N2O3. The van der Waals surface area contributed by atoms with E-state index in [0.29, 0.717) is 13.0 Å². The minimum absolute atomic E-state index is 0.0136. The smallest absolute Gasteiger partial charge is 0.372 e. The number of nitrogens with one attached hydrogen (secondary N) is 1. The molecule has 1 aliphatic rings. The van der Waals surface area contributed by atoms with Crippen molar-refractivity contribution in [3.8, 4) is 0 Å². The highest BCUT2D eigenvalue weighted by Crippen LogP contribution is 2.31. The van der Waals surface area contributed by atoms with Crippen molar-refractivity contribution in [2.75, 3.05) is 20.2 Å². The van der Waals surface area contributed by atoms with Gasteiger partial charge in [-0.05, 0) is 30.9 Å². The summed E-state index contributed by atoms with van der Waals surface area (Å²) in [5.74, 6) is -0.757. The molecule has 0 aromatic heterocycles. The first-order valence-corrected chi connectivity index (χ1v) is 8.06. The molecule has 1 unspecified atom stereocenters. The van der Waals surface area contributed by atoms with Crippen molar-refractivity contribution >= 4 is 11.8 Å². The van der Waals surface area contributed by atoms with Crippen LogP contribution < -0.4 is 5.32 Å².